The molecule has 0 bridgehead atoms. The van der Waals surface area contributed by atoms with Crippen LogP contribution in [-0.2, 0) is 16.6 Å². The maximum Gasteiger partial charge on any atom is 0.336 e. The summed E-state index contributed by atoms with van der Waals surface area (Å²) in [5, 5.41) is 10.3. The predicted molar refractivity (Wildman–Crippen MR) is 108 cm³/mol. The van der Waals surface area contributed by atoms with E-state index in [9.17, 15) is 18.3 Å². The number of piperazine rings is 1. The molecule has 0 saturated carbocycles. The fourth-order valence-electron chi connectivity index (χ4n) is 3.28. The summed E-state index contributed by atoms with van der Waals surface area (Å²) in [6.45, 7) is 2.29. The molecule has 28 heavy (non-hydrogen) atoms. The smallest absolute Gasteiger partial charge is 0.336 e. The summed E-state index contributed by atoms with van der Waals surface area (Å²) >= 11 is 6.92. The molecule has 1 aliphatic rings. The van der Waals surface area contributed by atoms with Gasteiger partial charge in [-0.25, -0.2) is 13.2 Å². The average Bonchev–Trinajstić information content (AvgIpc) is 3.09. The summed E-state index contributed by atoms with van der Waals surface area (Å²) in [7, 11) is -3.54. The Bertz CT molecular complexity index is 1180. The standard InChI is InChI=1S/C18H17ClN2O5S2/c19-16-3-4-18(27-16)28(24,25)21-7-5-20(6-8-21)11-12-9-17(23)26-15-10-13(22)1-2-14(12)15/h1-4,9-10,22H,5-8,11H2. The highest BCUT2D eigenvalue weighted by Crippen LogP contribution is 2.29. The van der Waals surface area contributed by atoms with E-state index in [1.165, 1.54) is 22.5 Å². The SMILES string of the molecule is O=c1cc(CN2CCN(S(=O)(=O)c3ccc(Cl)s3)CC2)c2ccc(O)cc2o1. The third kappa shape index (κ3) is 3.81. The van der Waals surface area contributed by atoms with E-state index in [2.05, 4.69) is 4.90 Å². The summed E-state index contributed by atoms with van der Waals surface area (Å²) < 4.78 is 32.7. The van der Waals surface area contributed by atoms with Gasteiger partial charge in [-0.15, -0.1) is 11.3 Å². The quantitative estimate of drug-likeness (QED) is 0.627. The molecule has 148 valence electrons. The number of rotatable bonds is 4. The van der Waals surface area contributed by atoms with Crippen LogP contribution >= 0.6 is 22.9 Å². The third-order valence-electron chi connectivity index (χ3n) is 4.68. The second-order valence-electron chi connectivity index (χ2n) is 6.51. The fraction of sp³-hybridized carbons (Fsp3) is 0.278. The molecule has 0 radical (unpaired) electrons. The topological polar surface area (TPSA) is 91.1 Å². The molecular weight excluding hydrogens is 424 g/mol. The van der Waals surface area contributed by atoms with Gasteiger partial charge in [0.15, 0.2) is 0 Å². The van der Waals surface area contributed by atoms with E-state index in [0.29, 0.717) is 42.6 Å². The van der Waals surface area contributed by atoms with Gasteiger partial charge < -0.3 is 9.52 Å². The lowest BCUT2D eigenvalue weighted by molar-refractivity contribution is 0.182. The summed E-state index contributed by atoms with van der Waals surface area (Å²) in [5.74, 6) is 0.0281. The number of hydrogen-bond acceptors (Lipinski definition) is 7. The number of phenols is 1. The van der Waals surface area contributed by atoms with E-state index in [0.717, 1.165) is 22.3 Å². The van der Waals surface area contributed by atoms with Crippen molar-refractivity contribution in [2.24, 2.45) is 0 Å². The van der Waals surface area contributed by atoms with E-state index in [1.54, 1.807) is 18.2 Å². The summed E-state index contributed by atoms with van der Waals surface area (Å²) in [4.78, 5) is 13.9. The Morgan fingerprint density at radius 2 is 1.86 bits per heavy atom. The molecule has 0 spiro atoms. The van der Waals surface area contributed by atoms with Crippen LogP contribution in [0.1, 0.15) is 5.56 Å². The lowest BCUT2D eigenvalue weighted by Gasteiger charge is -2.33. The van der Waals surface area contributed by atoms with Gasteiger partial charge in [0, 0.05) is 50.2 Å². The first-order chi connectivity index (χ1) is 13.3. The highest BCUT2D eigenvalue weighted by Gasteiger charge is 2.29. The molecule has 0 unspecified atom stereocenters. The predicted octanol–water partition coefficient (Wildman–Crippen LogP) is 2.72. The van der Waals surface area contributed by atoms with Crippen LogP contribution in [0.5, 0.6) is 5.75 Å². The van der Waals surface area contributed by atoms with Crippen molar-refractivity contribution in [1.29, 1.82) is 0 Å². The Morgan fingerprint density at radius 3 is 2.54 bits per heavy atom. The van der Waals surface area contributed by atoms with Crippen LogP contribution in [0.4, 0.5) is 0 Å². The van der Waals surface area contributed by atoms with E-state index in [4.69, 9.17) is 16.0 Å². The first-order valence-electron chi connectivity index (χ1n) is 8.56. The van der Waals surface area contributed by atoms with Gasteiger partial charge in [-0.2, -0.15) is 4.31 Å². The van der Waals surface area contributed by atoms with Gasteiger partial charge in [-0.1, -0.05) is 11.6 Å². The number of halogens is 1. The van der Waals surface area contributed by atoms with E-state index < -0.39 is 15.6 Å². The first-order valence-corrected chi connectivity index (χ1v) is 11.2. The maximum atomic E-state index is 12.7. The minimum absolute atomic E-state index is 0.0281. The van der Waals surface area contributed by atoms with Crippen LogP contribution < -0.4 is 5.63 Å². The van der Waals surface area contributed by atoms with E-state index in [1.807, 2.05) is 0 Å². The average molecular weight is 441 g/mol. The number of fused-ring (bicyclic) bond motifs is 1. The number of aromatic hydroxyl groups is 1. The number of nitrogens with zero attached hydrogens (tertiary/aromatic N) is 2. The molecular formula is C18H17ClN2O5S2. The maximum absolute atomic E-state index is 12.7. The molecule has 1 saturated heterocycles. The van der Waals surface area contributed by atoms with E-state index in [-0.39, 0.29) is 9.96 Å². The lowest BCUT2D eigenvalue weighted by atomic mass is 10.1. The van der Waals surface area contributed by atoms with Crippen molar-refractivity contribution < 1.29 is 17.9 Å². The molecule has 3 heterocycles. The molecule has 2 aromatic heterocycles. The van der Waals surface area contributed by atoms with Crippen molar-refractivity contribution in [1.82, 2.24) is 9.21 Å². The highest BCUT2D eigenvalue weighted by molar-refractivity contribution is 7.91. The lowest BCUT2D eigenvalue weighted by Crippen LogP contribution is -2.48. The van der Waals surface area contributed by atoms with Crippen LogP contribution in [0, 0.1) is 0 Å². The van der Waals surface area contributed by atoms with E-state index >= 15 is 0 Å². The number of hydrogen-bond donors (Lipinski definition) is 1. The van der Waals surface area contributed by atoms with Crippen molar-refractivity contribution in [2.75, 3.05) is 26.2 Å². The molecule has 0 aliphatic carbocycles. The Morgan fingerprint density at radius 1 is 1.11 bits per heavy atom. The van der Waals surface area contributed by atoms with Crippen molar-refractivity contribution >= 4 is 43.9 Å². The molecule has 1 aromatic carbocycles. The second-order valence-corrected chi connectivity index (χ2v) is 10.4. The number of benzene rings is 1. The molecule has 10 heteroatoms. The zero-order valence-electron chi connectivity index (χ0n) is 14.7. The molecule has 3 aromatic rings. The molecule has 1 aliphatic heterocycles. The number of thiophene rings is 1. The fourth-order valence-corrected chi connectivity index (χ4v) is 6.34. The molecule has 0 atom stereocenters. The summed E-state index contributed by atoms with van der Waals surface area (Å²) in [5.41, 5.74) is 0.634. The largest absolute Gasteiger partial charge is 0.508 e. The van der Waals surface area contributed by atoms with Crippen molar-refractivity contribution in [3.63, 3.8) is 0 Å². The summed E-state index contributed by atoms with van der Waals surface area (Å²) in [6, 6.07) is 9.22. The number of sulfonamides is 1. The zero-order valence-corrected chi connectivity index (χ0v) is 17.1. The Kier molecular flexibility index (Phi) is 5.19. The molecule has 0 amide bonds. The first kappa shape index (κ1) is 19.4. The van der Waals surface area contributed by atoms with Gasteiger partial charge in [-0.05, 0) is 29.8 Å². The molecule has 4 rings (SSSR count). The molecule has 1 N–H and O–H groups in total. The van der Waals surface area contributed by atoms with Crippen LogP contribution in [0.25, 0.3) is 11.0 Å². The van der Waals surface area contributed by atoms with Crippen LogP contribution in [0.2, 0.25) is 4.34 Å². The highest BCUT2D eigenvalue weighted by atomic mass is 35.5. The minimum atomic E-state index is -3.54. The Hall–Kier alpha value is -1.91. The summed E-state index contributed by atoms with van der Waals surface area (Å²) in [6.07, 6.45) is 0. The van der Waals surface area contributed by atoms with Gasteiger partial charge >= 0.3 is 5.63 Å². The number of phenolic OH excluding ortho intramolecular Hbond substituents is 1. The Labute approximate surface area is 170 Å². The molecule has 1 fully saturated rings. The van der Waals surface area contributed by atoms with Crippen molar-refractivity contribution in [3.8, 4) is 5.75 Å². The van der Waals surface area contributed by atoms with Crippen LogP contribution in [0.3, 0.4) is 0 Å². The normalized spacial score (nSPS) is 16.6. The molecule has 7 nitrogen and oxygen atoms in total. The monoisotopic (exact) mass is 440 g/mol. The third-order valence-corrected chi connectivity index (χ3v) is 8.28. The van der Waals surface area contributed by atoms with Gasteiger partial charge in [0.2, 0.25) is 0 Å². The zero-order chi connectivity index (χ0) is 19.9. The Balaban J connectivity index is 1.49. The van der Waals surface area contributed by atoms with Gasteiger partial charge in [0.1, 0.15) is 15.5 Å². The van der Waals surface area contributed by atoms with Gasteiger partial charge in [-0.3, -0.25) is 4.90 Å². The van der Waals surface area contributed by atoms with Gasteiger partial charge in [0.05, 0.1) is 4.34 Å². The minimum Gasteiger partial charge on any atom is -0.508 e. The second kappa shape index (κ2) is 7.49. The van der Waals surface area contributed by atoms with Gasteiger partial charge in [0.25, 0.3) is 10.0 Å². The van der Waals surface area contributed by atoms with Crippen LogP contribution in [-0.4, -0.2) is 48.9 Å². The van der Waals surface area contributed by atoms with Crippen LogP contribution in [0.15, 0.2) is 49.8 Å². The van der Waals surface area contributed by atoms with Crippen molar-refractivity contribution in [3.05, 3.63) is 56.7 Å². The van der Waals surface area contributed by atoms with Crippen molar-refractivity contribution in [2.45, 2.75) is 10.8 Å².